The minimum Gasteiger partial charge on any atom is -0.465 e. The summed E-state index contributed by atoms with van der Waals surface area (Å²) in [6, 6.07) is 10.0. The van der Waals surface area contributed by atoms with Crippen LogP contribution in [0.3, 0.4) is 0 Å². The predicted molar refractivity (Wildman–Crippen MR) is 80.9 cm³/mol. The highest BCUT2D eigenvalue weighted by Crippen LogP contribution is 2.39. The van der Waals surface area contributed by atoms with Crippen molar-refractivity contribution < 1.29 is 9.53 Å². The fourth-order valence-corrected chi connectivity index (χ4v) is 4.02. The molecule has 0 atom stereocenters. The van der Waals surface area contributed by atoms with Gasteiger partial charge in [-0.2, -0.15) is 0 Å². The van der Waals surface area contributed by atoms with E-state index in [-0.39, 0.29) is 5.97 Å². The minimum absolute atomic E-state index is 0.381. The zero-order chi connectivity index (χ0) is 13.4. The van der Waals surface area contributed by atoms with Gasteiger partial charge in [-0.3, -0.25) is 0 Å². The summed E-state index contributed by atoms with van der Waals surface area (Å²) in [6.07, 6.45) is 0. The van der Waals surface area contributed by atoms with Gasteiger partial charge in [0.15, 0.2) is 0 Å². The van der Waals surface area contributed by atoms with Crippen LogP contribution in [0.15, 0.2) is 35.7 Å². The third-order valence-electron chi connectivity index (χ3n) is 2.88. The molecule has 0 aliphatic rings. The minimum atomic E-state index is -0.381. The third-order valence-corrected chi connectivity index (χ3v) is 5.01. The summed E-state index contributed by atoms with van der Waals surface area (Å²) in [5, 5.41) is 3.28. The Balaban J connectivity index is 2.15. The van der Waals surface area contributed by atoms with E-state index in [1.54, 1.807) is 11.3 Å². The number of esters is 1. The van der Waals surface area contributed by atoms with Crippen LogP contribution >= 0.6 is 22.7 Å². The van der Waals surface area contributed by atoms with Crippen LogP contribution in [0.1, 0.15) is 9.67 Å². The second-order valence-electron chi connectivity index (χ2n) is 4.03. The van der Waals surface area contributed by atoms with Gasteiger partial charge in [-0.25, -0.2) is 4.79 Å². The first-order valence-corrected chi connectivity index (χ1v) is 7.34. The number of hydrogen-bond acceptors (Lipinski definition) is 5. The van der Waals surface area contributed by atoms with Crippen LogP contribution in [0.25, 0.3) is 20.5 Å². The predicted octanol–water partition coefficient (Wildman–Crippen LogP) is 4.00. The van der Waals surface area contributed by atoms with Crippen LogP contribution in [-0.2, 0) is 4.74 Å². The second-order valence-corrected chi connectivity index (χ2v) is 6.00. The van der Waals surface area contributed by atoms with E-state index >= 15 is 0 Å². The van der Waals surface area contributed by atoms with E-state index in [0.29, 0.717) is 10.6 Å². The number of thiophene rings is 2. The largest absolute Gasteiger partial charge is 0.465 e. The van der Waals surface area contributed by atoms with Crippen molar-refractivity contribution in [3.63, 3.8) is 0 Å². The third kappa shape index (κ3) is 2.01. The Hall–Kier alpha value is -1.85. The molecule has 2 aromatic heterocycles. The van der Waals surface area contributed by atoms with E-state index in [1.807, 2.05) is 18.2 Å². The fraction of sp³-hybridized carbons (Fsp3) is 0.0714. The molecule has 1 aromatic carbocycles. The molecule has 3 aromatic rings. The molecule has 0 unspecified atom stereocenters. The van der Waals surface area contributed by atoms with E-state index < -0.39 is 0 Å². The molecule has 19 heavy (non-hydrogen) atoms. The van der Waals surface area contributed by atoms with E-state index in [9.17, 15) is 4.79 Å². The van der Waals surface area contributed by atoms with Crippen LogP contribution in [0, 0.1) is 0 Å². The smallest absolute Gasteiger partial charge is 0.350 e. The molecule has 0 bridgehead atoms. The molecule has 3 rings (SSSR count). The van der Waals surface area contributed by atoms with Crippen molar-refractivity contribution >= 4 is 44.4 Å². The van der Waals surface area contributed by atoms with Crippen molar-refractivity contribution in [3.8, 4) is 10.4 Å². The van der Waals surface area contributed by atoms with E-state index in [4.69, 9.17) is 10.5 Å². The van der Waals surface area contributed by atoms with Gasteiger partial charge >= 0.3 is 5.97 Å². The van der Waals surface area contributed by atoms with E-state index in [1.165, 1.54) is 28.5 Å². The molecule has 2 N–H and O–H groups in total. The van der Waals surface area contributed by atoms with Gasteiger partial charge in [-0.15, -0.1) is 22.7 Å². The van der Waals surface area contributed by atoms with Crippen molar-refractivity contribution in [2.24, 2.45) is 0 Å². The number of rotatable bonds is 2. The van der Waals surface area contributed by atoms with Gasteiger partial charge in [0.05, 0.1) is 12.8 Å². The first-order chi connectivity index (χ1) is 9.20. The number of benzene rings is 1. The zero-order valence-electron chi connectivity index (χ0n) is 10.2. The molecule has 0 aliphatic carbocycles. The van der Waals surface area contributed by atoms with E-state index in [0.717, 1.165) is 10.4 Å². The second kappa shape index (κ2) is 4.68. The van der Waals surface area contributed by atoms with Crippen molar-refractivity contribution in [3.05, 3.63) is 40.6 Å². The summed E-state index contributed by atoms with van der Waals surface area (Å²) >= 11 is 3.06. The normalized spacial score (nSPS) is 10.8. The maximum absolute atomic E-state index is 11.6. The number of nitrogens with two attached hydrogens (primary N) is 1. The molecule has 0 fully saturated rings. The summed E-state index contributed by atoms with van der Waals surface area (Å²) < 4.78 is 5.96. The summed E-state index contributed by atoms with van der Waals surface area (Å²) in [6.45, 7) is 0. The van der Waals surface area contributed by atoms with Crippen molar-refractivity contribution in [2.45, 2.75) is 0 Å². The standard InChI is InChI=1S/C14H11NO2S2/c1-17-14(16)13-10(15)6-12(19-13)9-7-18-11-5-3-2-4-8(9)11/h2-7H,15H2,1H3. The van der Waals surface area contributed by atoms with E-state index in [2.05, 4.69) is 17.5 Å². The molecule has 0 spiro atoms. The number of fused-ring (bicyclic) bond motifs is 1. The monoisotopic (exact) mass is 289 g/mol. The molecule has 5 heteroatoms. The Labute approximate surface area is 118 Å². The van der Waals surface area contributed by atoms with Gasteiger partial charge < -0.3 is 10.5 Å². The summed E-state index contributed by atoms with van der Waals surface area (Å²) in [5.41, 5.74) is 7.47. The Morgan fingerprint density at radius 3 is 2.89 bits per heavy atom. The Kier molecular flexibility index (Phi) is 3.00. The van der Waals surface area contributed by atoms with Crippen molar-refractivity contribution in [1.82, 2.24) is 0 Å². The summed E-state index contributed by atoms with van der Waals surface area (Å²) in [7, 11) is 1.36. The van der Waals surface area contributed by atoms with Crippen LogP contribution in [0.4, 0.5) is 5.69 Å². The van der Waals surface area contributed by atoms with Gasteiger partial charge in [0.2, 0.25) is 0 Å². The van der Waals surface area contributed by atoms with Crippen molar-refractivity contribution in [2.75, 3.05) is 12.8 Å². The van der Waals surface area contributed by atoms with Crippen LogP contribution in [0.5, 0.6) is 0 Å². The number of methoxy groups -OCH3 is 1. The molecule has 96 valence electrons. The van der Waals surface area contributed by atoms with Crippen LogP contribution in [0.2, 0.25) is 0 Å². The number of nitrogen functional groups attached to an aromatic ring is 1. The lowest BCUT2D eigenvalue weighted by Crippen LogP contribution is -2.00. The SMILES string of the molecule is COC(=O)c1sc(-c2csc3ccccc23)cc1N. The highest BCUT2D eigenvalue weighted by molar-refractivity contribution is 7.20. The number of anilines is 1. The first kappa shape index (κ1) is 12.2. The molecule has 0 saturated carbocycles. The first-order valence-electron chi connectivity index (χ1n) is 5.65. The van der Waals surface area contributed by atoms with Crippen LogP contribution in [-0.4, -0.2) is 13.1 Å². The summed E-state index contributed by atoms with van der Waals surface area (Å²) in [5.74, 6) is -0.381. The average molecular weight is 289 g/mol. The molecule has 2 heterocycles. The molecule has 0 saturated heterocycles. The maximum Gasteiger partial charge on any atom is 0.350 e. The van der Waals surface area contributed by atoms with Crippen LogP contribution < -0.4 is 5.73 Å². The van der Waals surface area contributed by atoms with Gasteiger partial charge in [-0.1, -0.05) is 18.2 Å². The molecule has 0 radical (unpaired) electrons. The lowest BCUT2D eigenvalue weighted by Gasteiger charge is -1.95. The molecule has 0 aliphatic heterocycles. The number of carbonyl (C=O) groups is 1. The van der Waals surface area contributed by atoms with Gasteiger partial charge in [0, 0.05) is 25.9 Å². The maximum atomic E-state index is 11.6. The topological polar surface area (TPSA) is 52.3 Å². The summed E-state index contributed by atoms with van der Waals surface area (Å²) in [4.78, 5) is 13.1. The molecule has 0 amide bonds. The Morgan fingerprint density at radius 1 is 1.32 bits per heavy atom. The molecule has 3 nitrogen and oxygen atoms in total. The highest BCUT2D eigenvalue weighted by Gasteiger charge is 2.17. The molecular weight excluding hydrogens is 278 g/mol. The van der Waals surface area contributed by atoms with Gasteiger partial charge in [0.25, 0.3) is 0 Å². The Morgan fingerprint density at radius 2 is 2.11 bits per heavy atom. The van der Waals surface area contributed by atoms with Crippen molar-refractivity contribution in [1.29, 1.82) is 0 Å². The number of hydrogen-bond donors (Lipinski definition) is 1. The quantitative estimate of drug-likeness (QED) is 0.725. The lowest BCUT2D eigenvalue weighted by molar-refractivity contribution is 0.0607. The fourth-order valence-electron chi connectivity index (χ4n) is 1.96. The average Bonchev–Trinajstić information content (AvgIpc) is 3.01. The number of carbonyl (C=O) groups excluding carboxylic acids is 1. The zero-order valence-corrected chi connectivity index (χ0v) is 11.8. The Bertz CT molecular complexity index is 758. The lowest BCUT2D eigenvalue weighted by atomic mass is 10.1. The van der Waals surface area contributed by atoms with Gasteiger partial charge in [0.1, 0.15) is 4.88 Å². The van der Waals surface area contributed by atoms with Gasteiger partial charge in [-0.05, 0) is 12.1 Å². The highest BCUT2D eigenvalue weighted by atomic mass is 32.1. The number of ether oxygens (including phenoxy) is 1. The molecular formula is C14H11NO2S2.